The summed E-state index contributed by atoms with van der Waals surface area (Å²) in [4.78, 5) is 26.6. The largest absolute Gasteiger partial charge is 0.497 e. The third-order valence-electron chi connectivity index (χ3n) is 5.48. The molecule has 1 aliphatic heterocycles. The number of benzene rings is 2. The Labute approximate surface area is 172 Å². The van der Waals surface area contributed by atoms with Crippen molar-refractivity contribution in [3.8, 4) is 5.75 Å². The number of rotatable bonds is 6. The van der Waals surface area contributed by atoms with Gasteiger partial charge in [-0.1, -0.05) is 18.2 Å². The molecule has 2 aromatic rings. The van der Waals surface area contributed by atoms with E-state index in [0.717, 1.165) is 49.4 Å². The van der Waals surface area contributed by atoms with E-state index in [-0.39, 0.29) is 11.9 Å². The van der Waals surface area contributed by atoms with Gasteiger partial charge in [-0.05, 0) is 68.0 Å². The molecule has 2 N–H and O–H groups in total. The first kappa shape index (κ1) is 20.7. The number of likely N-dealkylation sites (tertiary alicyclic amines) is 1. The first-order chi connectivity index (χ1) is 14.1. The molecule has 6 nitrogen and oxygen atoms in total. The number of carbonyl (C=O) groups is 2. The van der Waals surface area contributed by atoms with E-state index in [1.807, 2.05) is 36.1 Å². The maximum absolute atomic E-state index is 12.5. The van der Waals surface area contributed by atoms with Gasteiger partial charge < -0.3 is 20.3 Å². The molecule has 0 spiro atoms. The van der Waals surface area contributed by atoms with Crippen LogP contribution in [-0.4, -0.2) is 43.6 Å². The van der Waals surface area contributed by atoms with Crippen molar-refractivity contribution in [3.05, 3.63) is 59.7 Å². The Balaban J connectivity index is 1.37. The summed E-state index contributed by atoms with van der Waals surface area (Å²) in [6, 6.07) is 14.9. The molecule has 0 radical (unpaired) electrons. The molecular formula is C23H29N3O3. The smallest absolute Gasteiger partial charge is 0.321 e. The van der Waals surface area contributed by atoms with Crippen LogP contribution in [0.1, 0.15) is 35.2 Å². The summed E-state index contributed by atoms with van der Waals surface area (Å²) in [6.45, 7) is 4.12. The average molecular weight is 396 g/mol. The summed E-state index contributed by atoms with van der Waals surface area (Å²) in [5, 5.41) is 5.98. The van der Waals surface area contributed by atoms with Crippen molar-refractivity contribution >= 4 is 17.6 Å². The first-order valence-corrected chi connectivity index (χ1v) is 10.1. The molecule has 0 saturated carbocycles. The summed E-state index contributed by atoms with van der Waals surface area (Å²) in [7, 11) is 1.60. The molecule has 2 aromatic carbocycles. The first-order valence-electron chi connectivity index (χ1n) is 10.1. The Bertz CT molecular complexity index is 828. The van der Waals surface area contributed by atoms with Gasteiger partial charge in [-0.3, -0.25) is 4.79 Å². The van der Waals surface area contributed by atoms with Crippen molar-refractivity contribution in [2.24, 2.45) is 5.92 Å². The molecule has 1 fully saturated rings. The summed E-state index contributed by atoms with van der Waals surface area (Å²) in [6.07, 6.45) is 2.84. The van der Waals surface area contributed by atoms with E-state index >= 15 is 0 Å². The summed E-state index contributed by atoms with van der Waals surface area (Å²) in [5.74, 6) is 1.19. The number of hydrogen-bond acceptors (Lipinski definition) is 3. The van der Waals surface area contributed by atoms with Gasteiger partial charge in [0.1, 0.15) is 5.75 Å². The zero-order valence-corrected chi connectivity index (χ0v) is 17.1. The van der Waals surface area contributed by atoms with Crippen molar-refractivity contribution in [1.29, 1.82) is 0 Å². The predicted molar refractivity (Wildman–Crippen MR) is 114 cm³/mol. The Kier molecular flexibility index (Phi) is 7.11. The number of nitrogens with one attached hydrogen (secondary N) is 2. The van der Waals surface area contributed by atoms with E-state index in [1.54, 1.807) is 31.4 Å². The number of ether oxygens (including phenoxy) is 1. The minimum absolute atomic E-state index is 0.0365. The number of nitrogens with zero attached hydrogens (tertiary/aromatic N) is 1. The van der Waals surface area contributed by atoms with Crippen LogP contribution in [0.15, 0.2) is 48.5 Å². The van der Waals surface area contributed by atoms with Crippen molar-refractivity contribution in [2.75, 3.05) is 32.1 Å². The maximum atomic E-state index is 12.5. The maximum Gasteiger partial charge on any atom is 0.321 e. The lowest BCUT2D eigenvalue weighted by Crippen LogP contribution is -2.41. The molecular weight excluding hydrogens is 366 g/mol. The van der Waals surface area contributed by atoms with Crippen LogP contribution >= 0.6 is 0 Å². The number of urea groups is 1. The number of para-hydroxylation sites is 1. The second-order valence-electron chi connectivity index (χ2n) is 7.45. The van der Waals surface area contributed by atoms with Gasteiger partial charge in [0, 0.05) is 30.9 Å². The van der Waals surface area contributed by atoms with E-state index < -0.39 is 0 Å². The lowest BCUT2D eigenvalue weighted by Gasteiger charge is -2.32. The van der Waals surface area contributed by atoms with Crippen LogP contribution in [0, 0.1) is 12.8 Å². The number of piperidine rings is 1. The molecule has 154 valence electrons. The van der Waals surface area contributed by atoms with Crippen LogP contribution in [0.25, 0.3) is 0 Å². The second-order valence-corrected chi connectivity index (χ2v) is 7.45. The second kappa shape index (κ2) is 9.96. The number of aryl methyl sites for hydroxylation is 1. The molecule has 1 aliphatic rings. The van der Waals surface area contributed by atoms with Crippen LogP contribution in [0.5, 0.6) is 5.75 Å². The topological polar surface area (TPSA) is 70.7 Å². The molecule has 0 atom stereocenters. The van der Waals surface area contributed by atoms with Crippen LogP contribution in [0.3, 0.4) is 0 Å². The molecule has 1 saturated heterocycles. The van der Waals surface area contributed by atoms with Gasteiger partial charge in [0.25, 0.3) is 5.91 Å². The van der Waals surface area contributed by atoms with Gasteiger partial charge in [-0.2, -0.15) is 0 Å². The summed E-state index contributed by atoms with van der Waals surface area (Å²) in [5.41, 5.74) is 2.55. The predicted octanol–water partition coefficient (Wildman–Crippen LogP) is 4.07. The third-order valence-corrected chi connectivity index (χ3v) is 5.48. The van der Waals surface area contributed by atoms with E-state index in [9.17, 15) is 9.59 Å². The van der Waals surface area contributed by atoms with Crippen LogP contribution in [0.2, 0.25) is 0 Å². The molecule has 3 rings (SSSR count). The van der Waals surface area contributed by atoms with E-state index in [0.29, 0.717) is 18.0 Å². The number of methoxy groups -OCH3 is 1. The SMILES string of the molecule is COc1ccc(C(=O)NCCC2CCN(C(=O)Nc3ccccc3C)CC2)cc1. The van der Waals surface area contributed by atoms with Gasteiger partial charge in [-0.15, -0.1) is 0 Å². The highest BCUT2D eigenvalue weighted by atomic mass is 16.5. The zero-order valence-electron chi connectivity index (χ0n) is 17.1. The molecule has 29 heavy (non-hydrogen) atoms. The molecule has 6 heteroatoms. The average Bonchev–Trinajstić information content (AvgIpc) is 2.75. The minimum atomic E-state index is -0.0669. The number of hydrogen-bond donors (Lipinski definition) is 2. The Morgan fingerprint density at radius 3 is 2.41 bits per heavy atom. The normalized spacial score (nSPS) is 14.3. The van der Waals surface area contributed by atoms with Crippen molar-refractivity contribution in [2.45, 2.75) is 26.2 Å². The fraction of sp³-hybridized carbons (Fsp3) is 0.391. The lowest BCUT2D eigenvalue weighted by atomic mass is 9.93. The van der Waals surface area contributed by atoms with E-state index in [4.69, 9.17) is 4.74 Å². The monoisotopic (exact) mass is 395 g/mol. The van der Waals surface area contributed by atoms with E-state index in [2.05, 4.69) is 10.6 Å². The van der Waals surface area contributed by atoms with E-state index in [1.165, 1.54) is 0 Å². The Morgan fingerprint density at radius 1 is 1.07 bits per heavy atom. The van der Waals surface area contributed by atoms with Gasteiger partial charge in [0.2, 0.25) is 0 Å². The fourth-order valence-corrected chi connectivity index (χ4v) is 3.57. The standard InChI is InChI=1S/C23H29N3O3/c1-17-5-3-4-6-21(17)25-23(28)26-15-12-18(13-16-26)11-14-24-22(27)19-7-9-20(29-2)10-8-19/h3-10,18H,11-16H2,1-2H3,(H,24,27)(H,25,28). The molecule has 0 bridgehead atoms. The van der Waals surface area contributed by atoms with Crippen molar-refractivity contribution < 1.29 is 14.3 Å². The Morgan fingerprint density at radius 2 is 1.76 bits per heavy atom. The summed E-state index contributed by atoms with van der Waals surface area (Å²) >= 11 is 0. The highest BCUT2D eigenvalue weighted by Gasteiger charge is 2.23. The van der Waals surface area contributed by atoms with Crippen LogP contribution < -0.4 is 15.4 Å². The fourth-order valence-electron chi connectivity index (χ4n) is 3.57. The number of anilines is 1. The minimum Gasteiger partial charge on any atom is -0.497 e. The van der Waals surface area contributed by atoms with Crippen molar-refractivity contribution in [3.63, 3.8) is 0 Å². The number of carbonyl (C=O) groups excluding carboxylic acids is 2. The van der Waals surface area contributed by atoms with Gasteiger partial charge in [-0.25, -0.2) is 4.79 Å². The molecule has 3 amide bonds. The zero-order chi connectivity index (χ0) is 20.6. The molecule has 1 heterocycles. The summed E-state index contributed by atoms with van der Waals surface area (Å²) < 4.78 is 5.11. The third kappa shape index (κ3) is 5.73. The van der Waals surface area contributed by atoms with Gasteiger partial charge in [0.15, 0.2) is 0 Å². The van der Waals surface area contributed by atoms with Crippen molar-refractivity contribution in [1.82, 2.24) is 10.2 Å². The highest BCUT2D eigenvalue weighted by Crippen LogP contribution is 2.21. The highest BCUT2D eigenvalue weighted by molar-refractivity contribution is 5.94. The molecule has 0 aromatic heterocycles. The Hall–Kier alpha value is -3.02. The van der Waals surface area contributed by atoms with Crippen LogP contribution in [0.4, 0.5) is 10.5 Å². The molecule has 0 unspecified atom stereocenters. The van der Waals surface area contributed by atoms with Gasteiger partial charge in [0.05, 0.1) is 7.11 Å². The van der Waals surface area contributed by atoms with Crippen LogP contribution in [-0.2, 0) is 0 Å². The quantitative estimate of drug-likeness (QED) is 0.775. The molecule has 0 aliphatic carbocycles. The number of amides is 3. The lowest BCUT2D eigenvalue weighted by molar-refractivity contribution is 0.0949. The van der Waals surface area contributed by atoms with Gasteiger partial charge >= 0.3 is 6.03 Å².